The van der Waals surface area contributed by atoms with Crippen molar-refractivity contribution in [2.75, 3.05) is 26.7 Å². The minimum absolute atomic E-state index is 0.0132. The number of thiophene rings is 1. The lowest BCUT2D eigenvalue weighted by Crippen LogP contribution is -2.46. The summed E-state index contributed by atoms with van der Waals surface area (Å²) in [6, 6.07) is 2.01. The van der Waals surface area contributed by atoms with E-state index >= 15 is 0 Å². The van der Waals surface area contributed by atoms with Gasteiger partial charge < -0.3 is 5.11 Å². The number of hydrogen-bond acceptors (Lipinski definition) is 5. The molecule has 0 amide bonds. The Morgan fingerprint density at radius 3 is 2.45 bits per heavy atom. The summed E-state index contributed by atoms with van der Waals surface area (Å²) in [4.78, 5) is 13.5. The number of rotatable bonds is 5. The second-order valence-electron chi connectivity index (χ2n) is 5.77. The normalized spacial score (nSPS) is 18.0. The van der Waals surface area contributed by atoms with Gasteiger partial charge in [-0.2, -0.15) is 4.31 Å². The van der Waals surface area contributed by atoms with Gasteiger partial charge in [-0.15, -0.1) is 11.3 Å². The Hall–Kier alpha value is -0.960. The predicted octanol–water partition coefficient (Wildman–Crippen LogP) is 1.53. The Morgan fingerprint density at radius 1 is 1.41 bits per heavy atom. The summed E-state index contributed by atoms with van der Waals surface area (Å²) in [5.41, 5.74) is 0.799. The van der Waals surface area contributed by atoms with Gasteiger partial charge in [0, 0.05) is 24.0 Å². The van der Waals surface area contributed by atoms with Crippen LogP contribution in [0.15, 0.2) is 10.3 Å². The van der Waals surface area contributed by atoms with E-state index in [1.54, 1.807) is 11.9 Å². The smallest absolute Gasteiger partial charge is 0.317 e. The fraction of sp³-hybridized carbons (Fsp3) is 0.643. The predicted molar refractivity (Wildman–Crippen MR) is 85.8 cm³/mol. The molecule has 124 valence electrons. The van der Waals surface area contributed by atoms with Crippen molar-refractivity contribution in [3.05, 3.63) is 16.5 Å². The zero-order valence-corrected chi connectivity index (χ0v) is 14.7. The molecule has 1 fully saturated rings. The highest BCUT2D eigenvalue weighted by atomic mass is 32.2. The Balaban J connectivity index is 2.05. The molecule has 0 radical (unpaired) electrons. The van der Waals surface area contributed by atoms with E-state index in [1.807, 2.05) is 19.9 Å². The number of carbonyl (C=O) groups is 1. The maximum Gasteiger partial charge on any atom is 0.317 e. The Morgan fingerprint density at radius 2 is 2.00 bits per heavy atom. The van der Waals surface area contributed by atoms with Gasteiger partial charge in [0.1, 0.15) is 4.21 Å². The molecule has 1 saturated heterocycles. The third-order valence-corrected chi connectivity index (χ3v) is 7.67. The van der Waals surface area contributed by atoms with Gasteiger partial charge in [0.25, 0.3) is 10.0 Å². The van der Waals surface area contributed by atoms with E-state index in [9.17, 15) is 13.2 Å². The number of likely N-dealkylation sites (N-methyl/N-ethyl adjacent to an activating group) is 1. The highest BCUT2D eigenvalue weighted by molar-refractivity contribution is 7.91. The van der Waals surface area contributed by atoms with Crippen LogP contribution in [0.4, 0.5) is 0 Å². The number of hydrogen-bond donors (Lipinski definition) is 1. The molecular formula is C14H22N2O4S2. The molecule has 2 rings (SSSR count). The number of carboxylic acids is 1. The standard InChI is InChI=1S/C14H22N2O4S2/c1-10-8-11(2)21-14(10)22(19,20)16-6-4-12(5-7-16)15(3)9-13(17)18/h8,12H,4-7,9H2,1-3H3,(H,17,18). The summed E-state index contributed by atoms with van der Waals surface area (Å²) >= 11 is 1.31. The number of carboxylic acid groups (broad SMARTS) is 1. The molecule has 0 atom stereocenters. The van der Waals surface area contributed by atoms with E-state index in [2.05, 4.69) is 0 Å². The van der Waals surface area contributed by atoms with Gasteiger partial charge in [-0.25, -0.2) is 8.42 Å². The molecule has 0 aromatic carbocycles. The van der Waals surface area contributed by atoms with E-state index in [-0.39, 0.29) is 12.6 Å². The molecule has 0 bridgehead atoms. The van der Waals surface area contributed by atoms with Crippen molar-refractivity contribution in [3.8, 4) is 0 Å². The van der Waals surface area contributed by atoms with Crippen LogP contribution in [0.2, 0.25) is 0 Å². The molecule has 2 heterocycles. The SMILES string of the molecule is Cc1cc(C)c(S(=O)(=O)N2CCC(N(C)CC(=O)O)CC2)s1. The van der Waals surface area contributed by atoms with E-state index in [0.717, 1.165) is 10.4 Å². The first kappa shape index (κ1) is 17.4. The van der Waals surface area contributed by atoms with Crippen molar-refractivity contribution in [1.29, 1.82) is 0 Å². The molecule has 0 unspecified atom stereocenters. The lowest BCUT2D eigenvalue weighted by atomic mass is 10.1. The average molecular weight is 346 g/mol. The zero-order valence-electron chi connectivity index (χ0n) is 13.1. The first-order valence-corrected chi connectivity index (χ1v) is 9.46. The zero-order chi connectivity index (χ0) is 16.5. The van der Waals surface area contributed by atoms with Crippen molar-refractivity contribution in [2.24, 2.45) is 0 Å². The molecule has 0 saturated carbocycles. The van der Waals surface area contributed by atoms with Crippen molar-refractivity contribution in [2.45, 2.75) is 36.9 Å². The van der Waals surface area contributed by atoms with Crippen LogP contribution in [-0.2, 0) is 14.8 Å². The van der Waals surface area contributed by atoms with Crippen LogP contribution in [0, 0.1) is 13.8 Å². The molecular weight excluding hydrogens is 324 g/mol. The van der Waals surface area contributed by atoms with E-state index in [1.165, 1.54) is 15.6 Å². The van der Waals surface area contributed by atoms with Crippen molar-refractivity contribution >= 4 is 27.3 Å². The fourth-order valence-electron chi connectivity index (χ4n) is 2.86. The summed E-state index contributed by atoms with van der Waals surface area (Å²) in [6.45, 7) is 4.59. The number of nitrogens with zero attached hydrogens (tertiary/aromatic N) is 2. The second kappa shape index (κ2) is 6.66. The number of aryl methyl sites for hydroxylation is 2. The van der Waals surface area contributed by atoms with Gasteiger partial charge in [0.05, 0.1) is 6.54 Å². The second-order valence-corrected chi connectivity index (χ2v) is 9.16. The van der Waals surface area contributed by atoms with Crippen molar-refractivity contribution in [1.82, 2.24) is 9.21 Å². The highest BCUT2D eigenvalue weighted by Gasteiger charge is 2.32. The first-order valence-electron chi connectivity index (χ1n) is 7.21. The van der Waals surface area contributed by atoms with Crippen LogP contribution >= 0.6 is 11.3 Å². The molecule has 0 spiro atoms. The molecule has 1 aliphatic rings. The molecule has 8 heteroatoms. The highest BCUT2D eigenvalue weighted by Crippen LogP contribution is 2.30. The summed E-state index contributed by atoms with van der Waals surface area (Å²) in [5, 5.41) is 8.83. The van der Waals surface area contributed by atoms with Gasteiger partial charge in [0.2, 0.25) is 0 Å². The van der Waals surface area contributed by atoms with Gasteiger partial charge in [-0.3, -0.25) is 9.69 Å². The molecule has 6 nitrogen and oxygen atoms in total. The van der Waals surface area contributed by atoms with E-state index in [0.29, 0.717) is 30.1 Å². The summed E-state index contributed by atoms with van der Waals surface area (Å²) in [6.07, 6.45) is 1.32. The third kappa shape index (κ3) is 3.68. The molecule has 1 aromatic rings. The average Bonchev–Trinajstić information content (AvgIpc) is 2.78. The minimum Gasteiger partial charge on any atom is -0.480 e. The Labute approximate surface area is 135 Å². The maximum atomic E-state index is 12.7. The monoisotopic (exact) mass is 346 g/mol. The summed E-state index contributed by atoms with van der Waals surface area (Å²) in [5.74, 6) is -0.859. The largest absolute Gasteiger partial charge is 0.480 e. The topological polar surface area (TPSA) is 77.9 Å². The quantitative estimate of drug-likeness (QED) is 0.875. The van der Waals surface area contributed by atoms with Crippen LogP contribution in [0.5, 0.6) is 0 Å². The molecule has 1 N–H and O–H groups in total. The summed E-state index contributed by atoms with van der Waals surface area (Å²) < 4.78 is 27.4. The minimum atomic E-state index is -3.43. The Bertz CT molecular complexity index is 646. The van der Waals surface area contributed by atoms with Crippen molar-refractivity contribution in [3.63, 3.8) is 0 Å². The van der Waals surface area contributed by atoms with Gasteiger partial charge >= 0.3 is 5.97 Å². The van der Waals surface area contributed by atoms with E-state index < -0.39 is 16.0 Å². The van der Waals surface area contributed by atoms with Gasteiger partial charge in [0.15, 0.2) is 0 Å². The molecule has 22 heavy (non-hydrogen) atoms. The Kier molecular flexibility index (Phi) is 5.26. The van der Waals surface area contributed by atoms with Gasteiger partial charge in [-0.05, 0) is 45.4 Å². The lowest BCUT2D eigenvalue weighted by molar-refractivity contribution is -0.138. The first-order chi connectivity index (χ1) is 10.2. The van der Waals surface area contributed by atoms with Crippen LogP contribution in [0.1, 0.15) is 23.3 Å². The number of piperidine rings is 1. The third-order valence-electron chi connectivity index (χ3n) is 4.00. The van der Waals surface area contributed by atoms with Gasteiger partial charge in [-0.1, -0.05) is 0 Å². The van der Waals surface area contributed by atoms with Crippen LogP contribution in [-0.4, -0.2) is 61.4 Å². The lowest BCUT2D eigenvalue weighted by Gasteiger charge is -2.35. The van der Waals surface area contributed by atoms with Crippen LogP contribution in [0.3, 0.4) is 0 Å². The van der Waals surface area contributed by atoms with E-state index in [4.69, 9.17) is 5.11 Å². The summed E-state index contributed by atoms with van der Waals surface area (Å²) in [7, 11) is -1.65. The van der Waals surface area contributed by atoms with Crippen LogP contribution in [0.25, 0.3) is 0 Å². The number of aliphatic carboxylic acids is 1. The number of sulfonamides is 1. The molecule has 1 aliphatic heterocycles. The molecule has 0 aliphatic carbocycles. The maximum absolute atomic E-state index is 12.7. The molecule has 1 aromatic heterocycles. The van der Waals surface area contributed by atoms with Crippen LogP contribution < -0.4 is 0 Å². The fourth-order valence-corrected chi connectivity index (χ4v) is 6.13. The van der Waals surface area contributed by atoms with Crippen molar-refractivity contribution < 1.29 is 18.3 Å².